The minimum atomic E-state index is -0.0398. The number of aryl methyl sites for hydroxylation is 1. The third kappa shape index (κ3) is 2.79. The largest absolute Gasteiger partial charge is 0.310 e. The molecule has 0 fully saturated rings. The molecule has 2 rings (SSSR count). The van der Waals surface area contributed by atoms with Crippen molar-refractivity contribution in [2.45, 2.75) is 26.7 Å². The maximum atomic E-state index is 11.8. The van der Waals surface area contributed by atoms with Gasteiger partial charge < -0.3 is 4.98 Å². The van der Waals surface area contributed by atoms with Gasteiger partial charge in [0.05, 0.1) is 0 Å². The molecule has 3 nitrogen and oxygen atoms in total. The third-order valence-corrected chi connectivity index (χ3v) is 3.12. The van der Waals surface area contributed by atoms with E-state index in [1.54, 1.807) is 0 Å². The highest BCUT2D eigenvalue weighted by atomic mass is 35.5. The lowest BCUT2D eigenvalue weighted by Crippen LogP contribution is -2.18. The standard InChI is InChI=1S/C14H15ClN2O/c1-3-12-9(2)16-13(17-14(12)18)8-10-5-4-6-11(15)7-10/h4-7H,3,8H2,1-2H3,(H,16,17,18). The molecule has 0 aliphatic carbocycles. The smallest absolute Gasteiger partial charge is 0.254 e. The molecule has 2 aromatic rings. The molecule has 0 aliphatic heterocycles. The van der Waals surface area contributed by atoms with Gasteiger partial charge >= 0.3 is 0 Å². The van der Waals surface area contributed by atoms with Crippen LogP contribution >= 0.6 is 11.6 Å². The van der Waals surface area contributed by atoms with Crippen LogP contribution in [0.4, 0.5) is 0 Å². The van der Waals surface area contributed by atoms with E-state index in [0.717, 1.165) is 16.8 Å². The first-order valence-electron chi connectivity index (χ1n) is 5.93. The summed E-state index contributed by atoms with van der Waals surface area (Å²) in [6.07, 6.45) is 1.28. The number of H-pyrrole nitrogens is 1. The van der Waals surface area contributed by atoms with Gasteiger partial charge in [-0.25, -0.2) is 4.98 Å². The second-order valence-corrected chi connectivity index (χ2v) is 4.67. The molecule has 0 saturated heterocycles. The van der Waals surface area contributed by atoms with E-state index in [1.807, 2.05) is 38.1 Å². The molecular formula is C14H15ClN2O. The van der Waals surface area contributed by atoms with Gasteiger partial charge in [-0.05, 0) is 31.0 Å². The topological polar surface area (TPSA) is 45.8 Å². The Morgan fingerprint density at radius 3 is 2.78 bits per heavy atom. The number of halogens is 1. The third-order valence-electron chi connectivity index (χ3n) is 2.89. The lowest BCUT2D eigenvalue weighted by molar-refractivity contribution is 0.879. The fourth-order valence-electron chi connectivity index (χ4n) is 2.01. The summed E-state index contributed by atoms with van der Waals surface area (Å²) in [5, 5.41) is 0.691. The fraction of sp³-hybridized carbons (Fsp3) is 0.286. The summed E-state index contributed by atoms with van der Waals surface area (Å²) < 4.78 is 0. The molecular weight excluding hydrogens is 248 g/mol. The van der Waals surface area contributed by atoms with Crippen molar-refractivity contribution in [1.82, 2.24) is 9.97 Å². The monoisotopic (exact) mass is 262 g/mol. The lowest BCUT2D eigenvalue weighted by atomic mass is 10.1. The Kier molecular flexibility index (Phi) is 3.82. The molecule has 1 aromatic heterocycles. The maximum absolute atomic E-state index is 11.8. The molecule has 0 saturated carbocycles. The van der Waals surface area contributed by atoms with Gasteiger partial charge in [0, 0.05) is 22.7 Å². The zero-order valence-electron chi connectivity index (χ0n) is 10.5. The molecule has 1 heterocycles. The van der Waals surface area contributed by atoms with Crippen molar-refractivity contribution < 1.29 is 0 Å². The van der Waals surface area contributed by atoms with E-state index in [4.69, 9.17) is 11.6 Å². The number of rotatable bonds is 3. The molecule has 0 bridgehead atoms. The average molecular weight is 263 g/mol. The summed E-state index contributed by atoms with van der Waals surface area (Å²) in [5.74, 6) is 0.678. The fourth-order valence-corrected chi connectivity index (χ4v) is 2.22. The highest BCUT2D eigenvalue weighted by Gasteiger charge is 2.06. The average Bonchev–Trinajstić information content (AvgIpc) is 2.28. The molecule has 0 atom stereocenters. The summed E-state index contributed by atoms with van der Waals surface area (Å²) in [6, 6.07) is 7.56. The van der Waals surface area contributed by atoms with Gasteiger partial charge in [0.1, 0.15) is 5.82 Å². The van der Waals surface area contributed by atoms with Crippen LogP contribution in [0.5, 0.6) is 0 Å². The van der Waals surface area contributed by atoms with Crippen molar-refractivity contribution in [3.8, 4) is 0 Å². The first kappa shape index (κ1) is 12.8. The number of nitrogens with zero attached hydrogens (tertiary/aromatic N) is 1. The zero-order valence-corrected chi connectivity index (χ0v) is 11.2. The predicted molar refractivity (Wildman–Crippen MR) is 73.2 cm³/mol. The van der Waals surface area contributed by atoms with Gasteiger partial charge in [-0.15, -0.1) is 0 Å². The molecule has 1 aromatic carbocycles. The molecule has 18 heavy (non-hydrogen) atoms. The summed E-state index contributed by atoms with van der Waals surface area (Å²) >= 11 is 5.93. The van der Waals surface area contributed by atoms with Crippen LogP contribution in [0.1, 0.15) is 29.6 Å². The van der Waals surface area contributed by atoms with E-state index in [1.165, 1.54) is 0 Å². The molecule has 0 amide bonds. The van der Waals surface area contributed by atoms with Crippen LogP contribution in [0.3, 0.4) is 0 Å². The number of hydrogen-bond donors (Lipinski definition) is 1. The van der Waals surface area contributed by atoms with Crippen molar-refractivity contribution in [3.05, 3.63) is 62.3 Å². The Labute approximate surface area is 111 Å². The van der Waals surface area contributed by atoms with Crippen molar-refractivity contribution in [2.75, 3.05) is 0 Å². The number of aromatic nitrogens is 2. The minimum Gasteiger partial charge on any atom is -0.310 e. The Morgan fingerprint density at radius 2 is 2.17 bits per heavy atom. The van der Waals surface area contributed by atoms with Gasteiger partial charge in [0.25, 0.3) is 5.56 Å². The Bertz CT molecular complexity index is 619. The Balaban J connectivity index is 2.33. The molecule has 94 valence electrons. The predicted octanol–water partition coefficient (Wildman–Crippen LogP) is 2.88. The second-order valence-electron chi connectivity index (χ2n) is 4.24. The van der Waals surface area contributed by atoms with E-state index in [0.29, 0.717) is 23.7 Å². The van der Waals surface area contributed by atoms with Crippen LogP contribution in [0.2, 0.25) is 5.02 Å². The first-order valence-corrected chi connectivity index (χ1v) is 6.31. The minimum absolute atomic E-state index is 0.0398. The molecule has 4 heteroatoms. The van der Waals surface area contributed by atoms with E-state index >= 15 is 0 Å². The van der Waals surface area contributed by atoms with Gasteiger partial charge in [0.2, 0.25) is 0 Å². The van der Waals surface area contributed by atoms with Crippen LogP contribution in [0, 0.1) is 6.92 Å². The normalized spacial score (nSPS) is 10.6. The molecule has 0 aliphatic rings. The quantitative estimate of drug-likeness (QED) is 0.925. The van der Waals surface area contributed by atoms with E-state index in [2.05, 4.69) is 9.97 Å². The zero-order chi connectivity index (χ0) is 13.1. The summed E-state index contributed by atoms with van der Waals surface area (Å²) in [4.78, 5) is 19.1. The summed E-state index contributed by atoms with van der Waals surface area (Å²) in [5.41, 5.74) is 2.56. The van der Waals surface area contributed by atoms with E-state index < -0.39 is 0 Å². The summed E-state index contributed by atoms with van der Waals surface area (Å²) in [6.45, 7) is 3.82. The second kappa shape index (κ2) is 5.36. The molecule has 0 spiro atoms. The molecule has 0 radical (unpaired) electrons. The van der Waals surface area contributed by atoms with Crippen molar-refractivity contribution >= 4 is 11.6 Å². The molecule has 0 unspecified atom stereocenters. The van der Waals surface area contributed by atoms with Gasteiger partial charge in [-0.3, -0.25) is 4.79 Å². The van der Waals surface area contributed by atoms with Crippen LogP contribution < -0.4 is 5.56 Å². The highest BCUT2D eigenvalue weighted by Crippen LogP contribution is 2.13. The van der Waals surface area contributed by atoms with Gasteiger partial charge in [-0.1, -0.05) is 30.7 Å². The number of benzene rings is 1. The Hall–Kier alpha value is -1.61. The SMILES string of the molecule is CCc1c(C)nc(Cc2cccc(Cl)c2)[nH]c1=O. The first-order chi connectivity index (χ1) is 8.60. The van der Waals surface area contributed by atoms with Crippen molar-refractivity contribution in [2.24, 2.45) is 0 Å². The van der Waals surface area contributed by atoms with Crippen LogP contribution in [-0.2, 0) is 12.8 Å². The van der Waals surface area contributed by atoms with E-state index in [9.17, 15) is 4.79 Å². The van der Waals surface area contributed by atoms with Crippen LogP contribution in [-0.4, -0.2) is 9.97 Å². The number of aromatic amines is 1. The summed E-state index contributed by atoms with van der Waals surface area (Å²) in [7, 11) is 0. The van der Waals surface area contributed by atoms with Crippen molar-refractivity contribution in [3.63, 3.8) is 0 Å². The van der Waals surface area contributed by atoms with Crippen LogP contribution in [0.15, 0.2) is 29.1 Å². The van der Waals surface area contributed by atoms with E-state index in [-0.39, 0.29) is 5.56 Å². The maximum Gasteiger partial charge on any atom is 0.254 e. The highest BCUT2D eigenvalue weighted by molar-refractivity contribution is 6.30. The Morgan fingerprint density at radius 1 is 1.39 bits per heavy atom. The van der Waals surface area contributed by atoms with Crippen molar-refractivity contribution in [1.29, 1.82) is 0 Å². The number of nitrogens with one attached hydrogen (secondary N) is 1. The van der Waals surface area contributed by atoms with Crippen LogP contribution in [0.25, 0.3) is 0 Å². The molecule has 1 N–H and O–H groups in total. The lowest BCUT2D eigenvalue weighted by Gasteiger charge is -2.06. The van der Waals surface area contributed by atoms with Gasteiger partial charge in [-0.2, -0.15) is 0 Å². The number of hydrogen-bond acceptors (Lipinski definition) is 2. The van der Waals surface area contributed by atoms with Gasteiger partial charge in [0.15, 0.2) is 0 Å².